The molecule has 2 aromatic rings. The van der Waals surface area contributed by atoms with E-state index in [4.69, 9.17) is 21.4 Å². The van der Waals surface area contributed by atoms with Crippen molar-refractivity contribution in [1.82, 2.24) is 14.8 Å². The fraction of sp³-hybridized carbons (Fsp3) is 0.444. The van der Waals surface area contributed by atoms with Crippen LogP contribution in [0.4, 0.5) is 13.2 Å². The monoisotopic (exact) mass is 429 g/mol. The molecule has 1 fully saturated rings. The summed E-state index contributed by atoms with van der Waals surface area (Å²) in [7, 11) is 0. The van der Waals surface area contributed by atoms with Crippen LogP contribution in [-0.4, -0.2) is 49.0 Å². The first kappa shape index (κ1) is 23.3. The molecule has 9 nitrogen and oxygen atoms in total. The highest BCUT2D eigenvalue weighted by Gasteiger charge is 2.35. The summed E-state index contributed by atoms with van der Waals surface area (Å²) in [5.41, 5.74) is 10.6. The van der Waals surface area contributed by atoms with Crippen LogP contribution in [0.15, 0.2) is 24.3 Å². The zero-order valence-electron chi connectivity index (χ0n) is 16.0. The summed E-state index contributed by atoms with van der Waals surface area (Å²) in [6.07, 6.45) is -4.52. The zero-order valence-corrected chi connectivity index (χ0v) is 16.0. The zero-order chi connectivity index (χ0) is 22.6. The van der Waals surface area contributed by atoms with Crippen molar-refractivity contribution in [1.29, 1.82) is 0 Å². The highest BCUT2D eigenvalue weighted by Crippen LogP contribution is 2.35. The van der Waals surface area contributed by atoms with Gasteiger partial charge in [-0.05, 0) is 37.1 Å². The summed E-state index contributed by atoms with van der Waals surface area (Å²) < 4.78 is 39.6. The average molecular weight is 429 g/mol. The standard InChI is InChI=1S/C16H18F3N5O2.C2H4O2/c17-16(18,19)9-1-3-10(4-2-9)24-15(8-5-11(20)12(25)6-8)22-14(23-24)7-13(21)26;1-2(3)4/h1-4,8,11-12,25H,5-7,20H2,(H2,21,26);1H3,(H,3,4)/t8-,11-,12-;/m0./s1. The number of nitrogens with zero attached hydrogens (tertiary/aromatic N) is 3. The van der Waals surface area contributed by atoms with E-state index in [-0.39, 0.29) is 18.2 Å². The maximum Gasteiger partial charge on any atom is 0.416 e. The van der Waals surface area contributed by atoms with Gasteiger partial charge in [-0.25, -0.2) is 9.67 Å². The fourth-order valence-corrected chi connectivity index (χ4v) is 3.10. The number of aliphatic carboxylic acids is 1. The van der Waals surface area contributed by atoms with Crippen LogP contribution in [0.3, 0.4) is 0 Å². The number of hydrogen-bond acceptors (Lipinski definition) is 6. The quantitative estimate of drug-likeness (QED) is 0.564. The van der Waals surface area contributed by atoms with E-state index in [1.54, 1.807) is 0 Å². The minimum atomic E-state index is -4.44. The van der Waals surface area contributed by atoms with Gasteiger partial charge in [0.05, 0.1) is 23.8 Å². The molecule has 3 atom stereocenters. The number of amides is 1. The minimum Gasteiger partial charge on any atom is -0.481 e. The largest absolute Gasteiger partial charge is 0.481 e. The Kier molecular flexibility index (Phi) is 7.16. The van der Waals surface area contributed by atoms with E-state index in [0.29, 0.717) is 24.4 Å². The van der Waals surface area contributed by atoms with E-state index in [1.807, 2.05) is 0 Å². The molecule has 1 saturated carbocycles. The van der Waals surface area contributed by atoms with Crippen LogP contribution in [0.25, 0.3) is 5.69 Å². The number of halogens is 3. The van der Waals surface area contributed by atoms with Crippen molar-refractivity contribution in [2.24, 2.45) is 11.5 Å². The molecule has 6 N–H and O–H groups in total. The molecule has 1 aliphatic carbocycles. The second-order valence-corrected chi connectivity index (χ2v) is 6.90. The molecule has 0 saturated heterocycles. The Labute approximate surface area is 169 Å². The Balaban J connectivity index is 0.000000735. The molecule has 164 valence electrons. The van der Waals surface area contributed by atoms with Crippen molar-refractivity contribution in [3.63, 3.8) is 0 Å². The highest BCUT2D eigenvalue weighted by molar-refractivity contribution is 5.75. The molecule has 1 heterocycles. The first-order valence-electron chi connectivity index (χ1n) is 8.93. The lowest BCUT2D eigenvalue weighted by molar-refractivity contribution is -0.137. The van der Waals surface area contributed by atoms with E-state index >= 15 is 0 Å². The summed E-state index contributed by atoms with van der Waals surface area (Å²) in [5.74, 6) is -1.07. The number of carboxylic acid groups (broad SMARTS) is 1. The van der Waals surface area contributed by atoms with Crippen LogP contribution >= 0.6 is 0 Å². The van der Waals surface area contributed by atoms with Gasteiger partial charge in [0.15, 0.2) is 5.82 Å². The number of aromatic nitrogens is 3. The van der Waals surface area contributed by atoms with Crippen molar-refractivity contribution < 1.29 is 33.0 Å². The molecular formula is C18H22F3N5O4. The SMILES string of the molecule is CC(=O)O.NC(=O)Cc1nc([C@H]2C[C@H](N)[C@@H](O)C2)n(-c2ccc(C(F)(F)F)cc2)n1. The molecule has 0 radical (unpaired) electrons. The topological polar surface area (TPSA) is 157 Å². The van der Waals surface area contributed by atoms with Crippen molar-refractivity contribution in [3.05, 3.63) is 41.5 Å². The molecule has 3 rings (SSSR count). The molecule has 1 aromatic carbocycles. The van der Waals surface area contributed by atoms with Gasteiger partial charge >= 0.3 is 6.18 Å². The second kappa shape index (κ2) is 9.22. The van der Waals surface area contributed by atoms with Gasteiger partial charge in [0.25, 0.3) is 5.97 Å². The molecule has 1 amide bonds. The third-order valence-corrected chi connectivity index (χ3v) is 4.39. The van der Waals surface area contributed by atoms with E-state index in [1.165, 1.54) is 16.8 Å². The smallest absolute Gasteiger partial charge is 0.416 e. The van der Waals surface area contributed by atoms with Crippen molar-refractivity contribution in [2.75, 3.05) is 0 Å². The Hall–Kier alpha value is -2.99. The third-order valence-electron chi connectivity index (χ3n) is 4.39. The molecule has 1 aromatic heterocycles. The number of carboxylic acids is 1. The van der Waals surface area contributed by atoms with E-state index < -0.39 is 35.8 Å². The number of primary amides is 1. The van der Waals surface area contributed by atoms with Gasteiger partial charge in [-0.2, -0.15) is 18.3 Å². The maximum absolute atomic E-state index is 12.8. The normalized spacial score (nSPS) is 21.1. The number of aliphatic hydroxyl groups is 1. The van der Waals surface area contributed by atoms with Gasteiger partial charge in [0.2, 0.25) is 5.91 Å². The Morgan fingerprint density at radius 3 is 2.23 bits per heavy atom. The number of rotatable bonds is 4. The molecule has 0 unspecified atom stereocenters. The van der Waals surface area contributed by atoms with Gasteiger partial charge in [-0.15, -0.1) is 0 Å². The van der Waals surface area contributed by atoms with Crippen molar-refractivity contribution in [2.45, 2.75) is 50.4 Å². The van der Waals surface area contributed by atoms with Gasteiger partial charge in [0.1, 0.15) is 5.82 Å². The van der Waals surface area contributed by atoms with Crippen LogP contribution in [0, 0.1) is 0 Å². The van der Waals surface area contributed by atoms with Crippen LogP contribution in [0.2, 0.25) is 0 Å². The lowest BCUT2D eigenvalue weighted by Crippen LogP contribution is -2.28. The van der Waals surface area contributed by atoms with E-state index in [2.05, 4.69) is 10.1 Å². The van der Waals surface area contributed by atoms with Gasteiger partial charge in [0, 0.05) is 18.9 Å². The first-order chi connectivity index (χ1) is 13.9. The number of nitrogens with two attached hydrogens (primary N) is 2. The van der Waals surface area contributed by atoms with Gasteiger partial charge in [-0.3, -0.25) is 9.59 Å². The molecule has 0 spiro atoms. The maximum atomic E-state index is 12.8. The fourth-order valence-electron chi connectivity index (χ4n) is 3.10. The predicted molar refractivity (Wildman–Crippen MR) is 98.5 cm³/mol. The Morgan fingerprint density at radius 1 is 1.23 bits per heavy atom. The molecule has 1 aliphatic rings. The molecule has 0 bridgehead atoms. The third kappa shape index (κ3) is 6.00. The Morgan fingerprint density at radius 2 is 1.80 bits per heavy atom. The van der Waals surface area contributed by atoms with Crippen LogP contribution in [0.5, 0.6) is 0 Å². The number of hydrogen-bond donors (Lipinski definition) is 4. The summed E-state index contributed by atoms with van der Waals surface area (Å²) in [6, 6.07) is 4.03. The predicted octanol–water partition coefficient (Wildman–Crippen LogP) is 0.970. The minimum absolute atomic E-state index is 0.169. The summed E-state index contributed by atoms with van der Waals surface area (Å²) >= 11 is 0. The van der Waals surface area contributed by atoms with E-state index in [0.717, 1.165) is 19.1 Å². The molecular weight excluding hydrogens is 407 g/mol. The summed E-state index contributed by atoms with van der Waals surface area (Å²) in [6.45, 7) is 1.08. The van der Waals surface area contributed by atoms with Crippen molar-refractivity contribution >= 4 is 11.9 Å². The number of benzene rings is 1. The average Bonchev–Trinajstić information content (AvgIpc) is 3.17. The van der Waals surface area contributed by atoms with Crippen LogP contribution in [-0.2, 0) is 22.2 Å². The van der Waals surface area contributed by atoms with Gasteiger partial charge < -0.3 is 21.7 Å². The second-order valence-electron chi connectivity index (χ2n) is 6.90. The number of carbonyl (C=O) groups excluding carboxylic acids is 1. The molecule has 0 aliphatic heterocycles. The lowest BCUT2D eigenvalue weighted by Gasteiger charge is -2.12. The summed E-state index contributed by atoms with van der Waals surface area (Å²) in [4.78, 5) is 24.5. The van der Waals surface area contributed by atoms with E-state index in [9.17, 15) is 23.1 Å². The molecule has 12 heteroatoms. The lowest BCUT2D eigenvalue weighted by atomic mass is 10.1. The summed E-state index contributed by atoms with van der Waals surface area (Å²) in [5, 5.41) is 21.5. The molecule has 30 heavy (non-hydrogen) atoms. The van der Waals surface area contributed by atoms with Crippen LogP contribution in [0.1, 0.15) is 42.9 Å². The first-order valence-corrected chi connectivity index (χ1v) is 8.93. The Bertz CT molecular complexity index is 884. The number of carbonyl (C=O) groups is 2. The van der Waals surface area contributed by atoms with Gasteiger partial charge in [-0.1, -0.05) is 0 Å². The number of alkyl halides is 3. The van der Waals surface area contributed by atoms with Crippen LogP contribution < -0.4 is 11.5 Å². The van der Waals surface area contributed by atoms with Crippen molar-refractivity contribution in [3.8, 4) is 5.69 Å². The number of aliphatic hydroxyl groups excluding tert-OH is 1. The highest BCUT2D eigenvalue weighted by atomic mass is 19.4.